The van der Waals surface area contributed by atoms with Crippen LogP contribution in [0.25, 0.3) is 0 Å². The molecule has 34 heavy (non-hydrogen) atoms. The van der Waals surface area contributed by atoms with Crippen molar-refractivity contribution < 1.29 is 14.3 Å². The monoisotopic (exact) mass is 476 g/mol. The van der Waals surface area contributed by atoms with Gasteiger partial charge in [-0.05, 0) is 49.1 Å². The fraction of sp³-hybridized carbons (Fsp3) is 0.286. The van der Waals surface area contributed by atoms with Gasteiger partial charge in [0.2, 0.25) is 5.91 Å². The van der Waals surface area contributed by atoms with Crippen molar-refractivity contribution in [1.29, 1.82) is 0 Å². The van der Waals surface area contributed by atoms with E-state index in [-0.39, 0.29) is 18.6 Å². The second-order valence-electron chi connectivity index (χ2n) is 8.50. The largest absolute Gasteiger partial charge is 0.445 e. The first kappa shape index (κ1) is 23.8. The summed E-state index contributed by atoms with van der Waals surface area (Å²) in [5.74, 6) is 0.0285. The molecule has 1 aliphatic heterocycles. The molecule has 0 unspecified atom stereocenters. The fourth-order valence-electron chi connectivity index (χ4n) is 4.61. The molecule has 2 amide bonds. The lowest BCUT2D eigenvalue weighted by atomic mass is 9.71. The van der Waals surface area contributed by atoms with Crippen molar-refractivity contribution in [3.05, 3.63) is 101 Å². The Morgan fingerprint density at radius 1 is 0.941 bits per heavy atom. The zero-order valence-corrected chi connectivity index (χ0v) is 20.1. The second kappa shape index (κ2) is 10.7. The van der Waals surface area contributed by atoms with Gasteiger partial charge < -0.3 is 14.5 Å². The molecule has 3 aromatic rings. The number of hydrogen-bond acceptors (Lipinski definition) is 3. The third-order valence-corrected chi connectivity index (χ3v) is 6.73. The minimum absolute atomic E-state index is 0.0285. The maximum atomic E-state index is 14.1. The standard InChI is InChI=1S/C28H29ClN2O3/c1-2-31(25-15-9-14-24(29)20-25)26(32)28(23-12-7-4-8-13-23)16-18-30(19-17-28)27(33)34-21-22-10-5-3-6-11-22/h3-15,20H,2,16-19,21H2,1H3. The number of likely N-dealkylation sites (N-methyl/N-ethyl adjacent to an activating group) is 1. The third-order valence-electron chi connectivity index (χ3n) is 6.50. The van der Waals surface area contributed by atoms with Gasteiger partial charge in [0.05, 0.1) is 5.41 Å². The average molecular weight is 477 g/mol. The lowest BCUT2D eigenvalue weighted by molar-refractivity contribution is -0.125. The molecule has 0 saturated carbocycles. The van der Waals surface area contributed by atoms with Gasteiger partial charge in [-0.1, -0.05) is 78.3 Å². The molecule has 0 atom stereocenters. The van der Waals surface area contributed by atoms with Gasteiger partial charge in [0.1, 0.15) is 6.61 Å². The highest BCUT2D eigenvalue weighted by Gasteiger charge is 2.46. The normalized spacial score (nSPS) is 14.9. The van der Waals surface area contributed by atoms with E-state index in [0.717, 1.165) is 16.8 Å². The van der Waals surface area contributed by atoms with Crippen molar-refractivity contribution in [1.82, 2.24) is 4.90 Å². The maximum absolute atomic E-state index is 14.1. The number of anilines is 1. The van der Waals surface area contributed by atoms with Crippen LogP contribution in [0.3, 0.4) is 0 Å². The number of ether oxygens (including phenoxy) is 1. The summed E-state index contributed by atoms with van der Waals surface area (Å²) >= 11 is 6.22. The SMILES string of the molecule is CCN(C(=O)C1(c2ccccc2)CCN(C(=O)OCc2ccccc2)CC1)c1cccc(Cl)c1. The smallest absolute Gasteiger partial charge is 0.410 e. The van der Waals surface area contributed by atoms with Crippen LogP contribution in [0.15, 0.2) is 84.9 Å². The molecule has 6 heteroatoms. The Morgan fingerprint density at radius 3 is 2.21 bits per heavy atom. The summed E-state index contributed by atoms with van der Waals surface area (Å²) in [4.78, 5) is 30.3. The van der Waals surface area contributed by atoms with Crippen molar-refractivity contribution in [2.45, 2.75) is 31.8 Å². The van der Waals surface area contributed by atoms with E-state index in [0.29, 0.717) is 37.5 Å². The predicted molar refractivity (Wildman–Crippen MR) is 135 cm³/mol. The number of piperidine rings is 1. The van der Waals surface area contributed by atoms with Gasteiger partial charge >= 0.3 is 6.09 Å². The Kier molecular flexibility index (Phi) is 7.53. The number of hydrogen-bond donors (Lipinski definition) is 0. The number of amides is 2. The Morgan fingerprint density at radius 2 is 1.59 bits per heavy atom. The number of benzene rings is 3. The molecule has 1 aliphatic rings. The third kappa shape index (κ3) is 5.10. The van der Waals surface area contributed by atoms with Gasteiger partial charge in [-0.15, -0.1) is 0 Å². The molecular formula is C28H29ClN2O3. The highest BCUT2D eigenvalue weighted by molar-refractivity contribution is 6.31. The number of carbonyl (C=O) groups excluding carboxylic acids is 2. The van der Waals surface area contributed by atoms with Crippen LogP contribution in [0.2, 0.25) is 5.02 Å². The maximum Gasteiger partial charge on any atom is 0.410 e. The Bertz CT molecular complexity index is 1110. The summed E-state index contributed by atoms with van der Waals surface area (Å²) in [7, 11) is 0. The van der Waals surface area contributed by atoms with Crippen LogP contribution in [0.5, 0.6) is 0 Å². The van der Waals surface area contributed by atoms with E-state index in [1.165, 1.54) is 0 Å². The molecule has 176 valence electrons. The number of halogens is 1. The molecule has 0 aromatic heterocycles. The minimum Gasteiger partial charge on any atom is -0.445 e. The van der Waals surface area contributed by atoms with E-state index in [1.807, 2.05) is 85.8 Å². The topological polar surface area (TPSA) is 49.9 Å². The molecule has 0 spiro atoms. The van der Waals surface area contributed by atoms with E-state index in [2.05, 4.69) is 0 Å². The minimum atomic E-state index is -0.726. The zero-order chi connectivity index (χ0) is 24.0. The number of rotatable bonds is 6. The zero-order valence-electron chi connectivity index (χ0n) is 19.3. The van der Waals surface area contributed by atoms with Gasteiger partial charge in [0.15, 0.2) is 0 Å². The summed E-state index contributed by atoms with van der Waals surface area (Å²) < 4.78 is 5.53. The van der Waals surface area contributed by atoms with Crippen LogP contribution in [-0.4, -0.2) is 36.5 Å². The molecule has 0 radical (unpaired) electrons. The van der Waals surface area contributed by atoms with Crippen molar-refractivity contribution in [3.8, 4) is 0 Å². The van der Waals surface area contributed by atoms with E-state index in [4.69, 9.17) is 16.3 Å². The van der Waals surface area contributed by atoms with Crippen LogP contribution in [0.1, 0.15) is 30.9 Å². The highest BCUT2D eigenvalue weighted by Crippen LogP contribution is 2.39. The second-order valence-corrected chi connectivity index (χ2v) is 8.94. The summed E-state index contributed by atoms with van der Waals surface area (Å²) in [6, 6.07) is 26.9. The van der Waals surface area contributed by atoms with E-state index in [1.54, 1.807) is 15.9 Å². The molecule has 4 rings (SSSR count). The Labute approximate surface area is 205 Å². The summed E-state index contributed by atoms with van der Waals surface area (Å²) in [6.07, 6.45) is 0.695. The summed E-state index contributed by atoms with van der Waals surface area (Å²) in [5.41, 5.74) is 1.97. The molecule has 0 N–H and O–H groups in total. The number of likely N-dealkylation sites (tertiary alicyclic amines) is 1. The Hall–Kier alpha value is -3.31. The van der Waals surface area contributed by atoms with Gasteiger partial charge in [-0.25, -0.2) is 4.79 Å². The summed E-state index contributed by atoms with van der Waals surface area (Å²) in [6.45, 7) is 3.62. The predicted octanol–water partition coefficient (Wildman–Crippen LogP) is 6.06. The van der Waals surface area contributed by atoms with Crippen molar-refractivity contribution in [3.63, 3.8) is 0 Å². The van der Waals surface area contributed by atoms with Crippen LogP contribution < -0.4 is 4.90 Å². The average Bonchev–Trinajstić information content (AvgIpc) is 2.89. The first-order valence-corrected chi connectivity index (χ1v) is 12.0. The first-order chi connectivity index (χ1) is 16.5. The number of nitrogens with zero attached hydrogens (tertiary/aromatic N) is 2. The molecular weight excluding hydrogens is 448 g/mol. The Balaban J connectivity index is 1.53. The first-order valence-electron chi connectivity index (χ1n) is 11.6. The van der Waals surface area contributed by atoms with Crippen molar-refractivity contribution in [2.75, 3.05) is 24.5 Å². The molecule has 3 aromatic carbocycles. The van der Waals surface area contributed by atoms with Gasteiger partial charge in [0.25, 0.3) is 0 Å². The molecule has 1 heterocycles. The van der Waals surface area contributed by atoms with Crippen molar-refractivity contribution >= 4 is 29.3 Å². The lowest BCUT2D eigenvalue weighted by Gasteiger charge is -2.43. The van der Waals surface area contributed by atoms with E-state index < -0.39 is 5.41 Å². The molecule has 0 bridgehead atoms. The molecule has 1 fully saturated rings. The van der Waals surface area contributed by atoms with E-state index >= 15 is 0 Å². The lowest BCUT2D eigenvalue weighted by Crippen LogP contribution is -2.54. The van der Waals surface area contributed by atoms with Crippen LogP contribution in [-0.2, 0) is 21.6 Å². The van der Waals surface area contributed by atoms with E-state index in [9.17, 15) is 9.59 Å². The number of carbonyl (C=O) groups is 2. The summed E-state index contributed by atoms with van der Waals surface area (Å²) in [5, 5.41) is 0.591. The quantitative estimate of drug-likeness (QED) is 0.434. The highest BCUT2D eigenvalue weighted by atomic mass is 35.5. The fourth-order valence-corrected chi connectivity index (χ4v) is 4.80. The van der Waals surface area contributed by atoms with Crippen LogP contribution in [0, 0.1) is 0 Å². The van der Waals surface area contributed by atoms with Gasteiger partial charge in [-0.2, -0.15) is 0 Å². The van der Waals surface area contributed by atoms with Crippen LogP contribution in [0.4, 0.5) is 10.5 Å². The molecule has 1 saturated heterocycles. The van der Waals surface area contributed by atoms with Gasteiger partial charge in [-0.3, -0.25) is 4.79 Å². The van der Waals surface area contributed by atoms with Gasteiger partial charge in [0, 0.05) is 30.3 Å². The van der Waals surface area contributed by atoms with Crippen molar-refractivity contribution in [2.24, 2.45) is 0 Å². The molecule has 0 aliphatic carbocycles. The molecule has 5 nitrogen and oxygen atoms in total. The van der Waals surface area contributed by atoms with Crippen LogP contribution >= 0.6 is 11.6 Å².